The molecule has 0 saturated carbocycles. The molecule has 0 aliphatic rings. The number of anilines is 2. The molecule has 2 amide bonds. The van der Waals surface area contributed by atoms with Gasteiger partial charge in [-0.3, -0.25) is 4.68 Å². The van der Waals surface area contributed by atoms with Crippen molar-refractivity contribution < 1.29 is 14.3 Å². The molecule has 1 aromatic carbocycles. The topological polar surface area (TPSA) is 79.2 Å². The number of aromatic nitrogens is 2. The van der Waals surface area contributed by atoms with Crippen LogP contribution in [0.25, 0.3) is 0 Å². The van der Waals surface area contributed by atoms with E-state index in [4.69, 9.17) is 5.11 Å². The number of carbonyl (C=O) groups excluding carboxylic acids is 1. The number of nitrogens with zero attached hydrogens (tertiary/aromatic N) is 2. The number of hydrogen-bond donors (Lipinski definition) is 3. The summed E-state index contributed by atoms with van der Waals surface area (Å²) in [5, 5.41) is 17.9. The molecule has 0 radical (unpaired) electrons. The van der Waals surface area contributed by atoms with E-state index in [9.17, 15) is 9.18 Å². The van der Waals surface area contributed by atoms with Gasteiger partial charge in [0.05, 0.1) is 25.0 Å². The van der Waals surface area contributed by atoms with E-state index in [2.05, 4.69) is 15.7 Å². The summed E-state index contributed by atoms with van der Waals surface area (Å²) in [5.41, 5.74) is 1.27. The maximum atomic E-state index is 13.3. The molecule has 0 atom stereocenters. The number of carbonyl (C=O) groups is 1. The van der Waals surface area contributed by atoms with Crippen molar-refractivity contribution in [2.45, 2.75) is 13.5 Å². The summed E-state index contributed by atoms with van der Waals surface area (Å²) in [7, 11) is 0. The predicted octanol–water partition coefficient (Wildman–Crippen LogP) is 1.97. The van der Waals surface area contributed by atoms with Gasteiger partial charge in [0.15, 0.2) is 0 Å². The van der Waals surface area contributed by atoms with E-state index < -0.39 is 6.03 Å². The van der Waals surface area contributed by atoms with Crippen LogP contribution in [0, 0.1) is 12.7 Å². The average molecular weight is 278 g/mol. The van der Waals surface area contributed by atoms with Gasteiger partial charge in [0.1, 0.15) is 5.82 Å². The van der Waals surface area contributed by atoms with Crippen molar-refractivity contribution in [1.29, 1.82) is 0 Å². The zero-order valence-corrected chi connectivity index (χ0v) is 10.9. The fourth-order valence-corrected chi connectivity index (χ4v) is 1.68. The Morgan fingerprint density at radius 3 is 3.00 bits per heavy atom. The lowest BCUT2D eigenvalue weighted by atomic mass is 10.2. The van der Waals surface area contributed by atoms with Crippen LogP contribution in [0.5, 0.6) is 0 Å². The molecule has 0 fully saturated rings. The van der Waals surface area contributed by atoms with Gasteiger partial charge >= 0.3 is 6.03 Å². The third-order valence-electron chi connectivity index (χ3n) is 2.74. The van der Waals surface area contributed by atoms with Crippen molar-refractivity contribution in [2.24, 2.45) is 0 Å². The maximum Gasteiger partial charge on any atom is 0.323 e. The van der Waals surface area contributed by atoms with E-state index in [-0.39, 0.29) is 12.4 Å². The molecule has 6 nitrogen and oxygen atoms in total. The van der Waals surface area contributed by atoms with Crippen molar-refractivity contribution in [1.82, 2.24) is 9.78 Å². The highest BCUT2D eigenvalue weighted by Gasteiger charge is 2.08. The molecule has 2 rings (SSSR count). The van der Waals surface area contributed by atoms with Crippen molar-refractivity contribution in [3.8, 4) is 0 Å². The minimum Gasteiger partial charge on any atom is -0.394 e. The number of aliphatic hydroxyl groups is 1. The molecule has 0 unspecified atom stereocenters. The molecule has 0 aliphatic carbocycles. The lowest BCUT2D eigenvalue weighted by Crippen LogP contribution is -2.19. The zero-order valence-electron chi connectivity index (χ0n) is 10.9. The van der Waals surface area contributed by atoms with E-state index in [1.807, 2.05) is 0 Å². The van der Waals surface area contributed by atoms with Gasteiger partial charge in [-0.15, -0.1) is 0 Å². The first-order valence-electron chi connectivity index (χ1n) is 6.06. The van der Waals surface area contributed by atoms with Crippen LogP contribution in [0.1, 0.15) is 5.56 Å². The highest BCUT2D eigenvalue weighted by atomic mass is 19.1. The monoisotopic (exact) mass is 278 g/mol. The summed E-state index contributed by atoms with van der Waals surface area (Å²) in [4.78, 5) is 11.8. The van der Waals surface area contributed by atoms with Crippen molar-refractivity contribution in [3.05, 3.63) is 42.0 Å². The Hall–Kier alpha value is -2.41. The summed E-state index contributed by atoms with van der Waals surface area (Å²) in [6, 6.07) is 3.99. The Kier molecular flexibility index (Phi) is 4.31. The average Bonchev–Trinajstić information content (AvgIpc) is 2.83. The number of benzene rings is 1. The van der Waals surface area contributed by atoms with Gasteiger partial charge < -0.3 is 15.7 Å². The van der Waals surface area contributed by atoms with Crippen molar-refractivity contribution in [3.63, 3.8) is 0 Å². The van der Waals surface area contributed by atoms with Gasteiger partial charge in [0.2, 0.25) is 0 Å². The molecule has 7 heteroatoms. The lowest BCUT2D eigenvalue weighted by Gasteiger charge is -2.09. The summed E-state index contributed by atoms with van der Waals surface area (Å²) >= 11 is 0. The number of urea groups is 1. The second kappa shape index (κ2) is 6.16. The normalized spacial score (nSPS) is 10.3. The first-order chi connectivity index (χ1) is 9.60. The van der Waals surface area contributed by atoms with Crippen LogP contribution < -0.4 is 10.6 Å². The molecule has 2 aromatic rings. The Morgan fingerprint density at radius 2 is 2.25 bits per heavy atom. The van der Waals surface area contributed by atoms with Crippen LogP contribution >= 0.6 is 0 Å². The second-order valence-corrected chi connectivity index (χ2v) is 4.21. The summed E-state index contributed by atoms with van der Waals surface area (Å²) < 4.78 is 14.8. The number of halogens is 1. The largest absolute Gasteiger partial charge is 0.394 e. The molecule has 106 valence electrons. The van der Waals surface area contributed by atoms with Gasteiger partial charge in [-0.1, -0.05) is 6.07 Å². The van der Waals surface area contributed by atoms with E-state index in [0.29, 0.717) is 23.5 Å². The summed E-state index contributed by atoms with van der Waals surface area (Å²) in [5.74, 6) is -0.376. The first-order valence-corrected chi connectivity index (χ1v) is 6.06. The van der Waals surface area contributed by atoms with Crippen LogP contribution in [-0.4, -0.2) is 27.5 Å². The van der Waals surface area contributed by atoms with E-state index in [0.717, 1.165) is 0 Å². The minimum atomic E-state index is -0.484. The van der Waals surface area contributed by atoms with Gasteiger partial charge in [0, 0.05) is 17.4 Å². The van der Waals surface area contributed by atoms with E-state index in [1.165, 1.54) is 23.0 Å². The van der Waals surface area contributed by atoms with Crippen LogP contribution in [0.2, 0.25) is 0 Å². The molecule has 3 N–H and O–H groups in total. The molecular formula is C13H15FN4O2. The highest BCUT2D eigenvalue weighted by Crippen LogP contribution is 2.17. The van der Waals surface area contributed by atoms with Crippen LogP contribution in [0.3, 0.4) is 0 Å². The van der Waals surface area contributed by atoms with Gasteiger partial charge in [-0.05, 0) is 19.1 Å². The van der Waals surface area contributed by atoms with Crippen molar-refractivity contribution >= 4 is 17.4 Å². The molecule has 20 heavy (non-hydrogen) atoms. The number of amides is 2. The molecule has 0 spiro atoms. The highest BCUT2D eigenvalue weighted by molar-refractivity contribution is 6.00. The molecule has 0 saturated heterocycles. The number of aliphatic hydroxyl groups excluding tert-OH is 1. The standard InChI is InChI=1S/C13H15FN4O2/c1-9-11(14)3-2-4-12(9)17-13(20)16-10-7-15-18(8-10)5-6-19/h2-4,7-8,19H,5-6H2,1H3,(H2,16,17,20). The van der Waals surface area contributed by atoms with Crippen LogP contribution in [-0.2, 0) is 6.54 Å². The Labute approximate surface area is 115 Å². The Morgan fingerprint density at radius 1 is 1.45 bits per heavy atom. The molecule has 0 aliphatic heterocycles. The maximum absolute atomic E-state index is 13.3. The third kappa shape index (κ3) is 3.33. The number of nitrogens with one attached hydrogen (secondary N) is 2. The zero-order chi connectivity index (χ0) is 14.5. The van der Waals surface area contributed by atoms with E-state index in [1.54, 1.807) is 19.2 Å². The Balaban J connectivity index is 1.99. The molecular weight excluding hydrogens is 263 g/mol. The van der Waals surface area contributed by atoms with Crippen LogP contribution in [0.4, 0.5) is 20.6 Å². The number of hydrogen-bond acceptors (Lipinski definition) is 3. The fourth-order valence-electron chi connectivity index (χ4n) is 1.68. The van der Waals surface area contributed by atoms with Gasteiger partial charge in [-0.25, -0.2) is 9.18 Å². The minimum absolute atomic E-state index is 0.0319. The number of rotatable bonds is 4. The summed E-state index contributed by atoms with van der Waals surface area (Å²) in [6.45, 7) is 1.91. The lowest BCUT2D eigenvalue weighted by molar-refractivity contribution is 0.262. The molecule has 0 bridgehead atoms. The third-order valence-corrected chi connectivity index (χ3v) is 2.74. The smallest absolute Gasteiger partial charge is 0.323 e. The van der Waals surface area contributed by atoms with Crippen LogP contribution in [0.15, 0.2) is 30.6 Å². The van der Waals surface area contributed by atoms with E-state index >= 15 is 0 Å². The SMILES string of the molecule is Cc1c(F)cccc1NC(=O)Nc1cnn(CCO)c1. The fraction of sp³-hybridized carbons (Fsp3) is 0.231. The first kappa shape index (κ1) is 14.0. The second-order valence-electron chi connectivity index (χ2n) is 4.21. The molecule has 1 heterocycles. The Bertz CT molecular complexity index is 612. The van der Waals surface area contributed by atoms with Crippen molar-refractivity contribution in [2.75, 3.05) is 17.2 Å². The summed E-state index contributed by atoms with van der Waals surface area (Å²) in [6.07, 6.45) is 3.06. The van der Waals surface area contributed by atoms with Gasteiger partial charge in [-0.2, -0.15) is 5.10 Å². The van der Waals surface area contributed by atoms with Gasteiger partial charge in [0.25, 0.3) is 0 Å². The predicted molar refractivity (Wildman–Crippen MR) is 73.1 cm³/mol. The quantitative estimate of drug-likeness (QED) is 0.800. The molecule has 1 aromatic heterocycles.